The number of hydrogen-bond acceptors (Lipinski definition) is 4. The lowest BCUT2D eigenvalue weighted by molar-refractivity contribution is 0.338. The van der Waals surface area contributed by atoms with Gasteiger partial charge in [-0.05, 0) is 6.08 Å². The fraction of sp³-hybridized carbons (Fsp3) is 0.250. The molecule has 0 saturated heterocycles. The number of aliphatic hydroxyl groups excluding tert-OH is 1. The Bertz CT molecular complexity index is 300. The number of nitrogens with zero attached hydrogens (tertiary/aromatic N) is 1. The normalized spacial score (nSPS) is 22.1. The Kier molecular flexibility index (Phi) is 1.49. The van der Waals surface area contributed by atoms with Crippen LogP contribution in [0, 0.1) is 0 Å². The standard InChI is InChI=1S/C4H6N2O3S/c5-4-1-3(2-7)10(8,9)6-4/h1,7H,2H2,(H2,5,6). The zero-order valence-corrected chi connectivity index (χ0v) is 5.80. The lowest BCUT2D eigenvalue weighted by Crippen LogP contribution is -2.04. The van der Waals surface area contributed by atoms with Crippen LogP contribution in [-0.4, -0.2) is 26.0 Å². The summed E-state index contributed by atoms with van der Waals surface area (Å²) in [5.74, 6) is -0.0796. The first-order valence-corrected chi connectivity index (χ1v) is 3.92. The minimum Gasteiger partial charge on any atom is -0.391 e. The van der Waals surface area contributed by atoms with E-state index in [2.05, 4.69) is 4.40 Å². The highest BCUT2D eigenvalue weighted by atomic mass is 32.2. The van der Waals surface area contributed by atoms with Gasteiger partial charge in [-0.15, -0.1) is 4.40 Å². The maximum absolute atomic E-state index is 10.7. The van der Waals surface area contributed by atoms with E-state index >= 15 is 0 Å². The molecule has 1 aliphatic heterocycles. The Morgan fingerprint density at radius 2 is 2.30 bits per heavy atom. The van der Waals surface area contributed by atoms with Crippen molar-refractivity contribution in [1.29, 1.82) is 0 Å². The predicted octanol–water partition coefficient (Wildman–Crippen LogP) is -1.44. The van der Waals surface area contributed by atoms with Gasteiger partial charge in [0, 0.05) is 0 Å². The van der Waals surface area contributed by atoms with Crippen LogP contribution >= 0.6 is 0 Å². The van der Waals surface area contributed by atoms with E-state index < -0.39 is 16.6 Å². The Balaban J connectivity index is 3.15. The van der Waals surface area contributed by atoms with Crippen molar-refractivity contribution < 1.29 is 13.5 Å². The zero-order valence-electron chi connectivity index (χ0n) is 4.98. The van der Waals surface area contributed by atoms with Crippen LogP contribution in [0.5, 0.6) is 0 Å². The van der Waals surface area contributed by atoms with Gasteiger partial charge in [-0.25, -0.2) is 0 Å². The van der Waals surface area contributed by atoms with Crippen molar-refractivity contribution in [1.82, 2.24) is 0 Å². The van der Waals surface area contributed by atoms with Gasteiger partial charge >= 0.3 is 0 Å². The van der Waals surface area contributed by atoms with Crippen LogP contribution in [0.25, 0.3) is 0 Å². The largest absolute Gasteiger partial charge is 0.391 e. The summed E-state index contributed by atoms with van der Waals surface area (Å²) in [4.78, 5) is -0.148. The molecule has 56 valence electrons. The third-order valence-corrected chi connectivity index (χ3v) is 2.38. The van der Waals surface area contributed by atoms with Crippen LogP contribution in [0.4, 0.5) is 0 Å². The van der Waals surface area contributed by atoms with E-state index in [1.807, 2.05) is 0 Å². The van der Waals surface area contributed by atoms with Gasteiger partial charge in [-0.2, -0.15) is 8.42 Å². The molecule has 1 aliphatic rings. The van der Waals surface area contributed by atoms with E-state index in [4.69, 9.17) is 10.8 Å². The van der Waals surface area contributed by atoms with Crippen molar-refractivity contribution in [2.45, 2.75) is 0 Å². The molecular weight excluding hydrogens is 156 g/mol. The fourth-order valence-electron chi connectivity index (χ4n) is 0.590. The van der Waals surface area contributed by atoms with Gasteiger partial charge in [0.15, 0.2) is 0 Å². The Hall–Kier alpha value is -0.880. The Morgan fingerprint density at radius 3 is 2.50 bits per heavy atom. The lowest BCUT2D eigenvalue weighted by atomic mass is 10.5. The SMILES string of the molecule is NC1=NS(=O)(=O)C(CO)=C1. The molecule has 0 aliphatic carbocycles. The van der Waals surface area contributed by atoms with Crippen molar-refractivity contribution in [3.8, 4) is 0 Å². The van der Waals surface area contributed by atoms with Crippen molar-refractivity contribution in [3.05, 3.63) is 11.0 Å². The molecule has 0 fully saturated rings. The third-order valence-electron chi connectivity index (χ3n) is 1.02. The number of aliphatic hydroxyl groups is 1. The highest BCUT2D eigenvalue weighted by molar-refractivity contribution is 7.94. The average molecular weight is 162 g/mol. The van der Waals surface area contributed by atoms with Crippen molar-refractivity contribution in [2.75, 3.05) is 6.61 Å². The zero-order chi connectivity index (χ0) is 7.78. The van der Waals surface area contributed by atoms with E-state index in [1.165, 1.54) is 0 Å². The molecule has 0 bridgehead atoms. The third kappa shape index (κ3) is 1.03. The van der Waals surface area contributed by atoms with E-state index in [1.54, 1.807) is 0 Å². The van der Waals surface area contributed by atoms with Gasteiger partial charge in [0.25, 0.3) is 10.0 Å². The van der Waals surface area contributed by atoms with Crippen molar-refractivity contribution in [3.63, 3.8) is 0 Å². The maximum atomic E-state index is 10.7. The van der Waals surface area contributed by atoms with Gasteiger partial charge in [0.2, 0.25) is 0 Å². The highest BCUT2D eigenvalue weighted by Gasteiger charge is 2.21. The maximum Gasteiger partial charge on any atom is 0.282 e. The predicted molar refractivity (Wildman–Crippen MR) is 35.7 cm³/mol. The van der Waals surface area contributed by atoms with Crippen molar-refractivity contribution >= 4 is 15.9 Å². The molecule has 10 heavy (non-hydrogen) atoms. The van der Waals surface area contributed by atoms with Crippen LogP contribution in [0.3, 0.4) is 0 Å². The molecule has 1 heterocycles. The van der Waals surface area contributed by atoms with E-state index in [0.717, 1.165) is 6.08 Å². The summed E-state index contributed by atoms with van der Waals surface area (Å²) in [5.41, 5.74) is 5.06. The molecule has 0 radical (unpaired) electrons. The van der Waals surface area contributed by atoms with Gasteiger partial charge in [-0.1, -0.05) is 0 Å². The summed E-state index contributed by atoms with van der Waals surface area (Å²) in [5, 5.41) is 8.44. The minimum atomic E-state index is -3.61. The highest BCUT2D eigenvalue weighted by Crippen LogP contribution is 2.13. The van der Waals surface area contributed by atoms with Gasteiger partial charge < -0.3 is 10.8 Å². The lowest BCUT2D eigenvalue weighted by Gasteiger charge is -1.90. The number of amidine groups is 1. The van der Waals surface area contributed by atoms with Crippen LogP contribution in [-0.2, 0) is 10.0 Å². The second-order valence-electron chi connectivity index (χ2n) is 1.76. The molecule has 3 N–H and O–H groups in total. The average Bonchev–Trinajstić information content (AvgIpc) is 2.04. The molecule has 0 aromatic carbocycles. The number of nitrogens with two attached hydrogens (primary N) is 1. The molecule has 0 atom stereocenters. The second kappa shape index (κ2) is 2.06. The Morgan fingerprint density at radius 1 is 1.70 bits per heavy atom. The molecular formula is C4H6N2O3S. The van der Waals surface area contributed by atoms with Gasteiger partial charge in [0.1, 0.15) is 5.84 Å². The first kappa shape index (κ1) is 7.23. The topological polar surface area (TPSA) is 92.8 Å². The van der Waals surface area contributed by atoms with Crippen LogP contribution in [0.1, 0.15) is 0 Å². The van der Waals surface area contributed by atoms with Gasteiger partial charge in [0.05, 0.1) is 11.5 Å². The number of sulfonamides is 1. The molecule has 5 nitrogen and oxygen atoms in total. The van der Waals surface area contributed by atoms with E-state index in [9.17, 15) is 8.42 Å². The van der Waals surface area contributed by atoms with Crippen molar-refractivity contribution in [2.24, 2.45) is 10.1 Å². The summed E-state index contributed by atoms with van der Waals surface area (Å²) < 4.78 is 24.5. The summed E-state index contributed by atoms with van der Waals surface area (Å²) in [7, 11) is -3.61. The molecule has 1 rings (SSSR count). The molecule has 0 aromatic rings. The smallest absolute Gasteiger partial charge is 0.282 e. The molecule has 0 aromatic heterocycles. The molecule has 0 saturated carbocycles. The summed E-state index contributed by atoms with van der Waals surface area (Å²) in [6.07, 6.45) is 1.13. The Labute approximate surface area is 57.9 Å². The minimum absolute atomic E-state index is 0.0796. The van der Waals surface area contributed by atoms with Crippen LogP contribution in [0.2, 0.25) is 0 Å². The quantitative estimate of drug-likeness (QED) is 0.494. The second-order valence-corrected chi connectivity index (χ2v) is 3.42. The van der Waals surface area contributed by atoms with Gasteiger partial charge in [-0.3, -0.25) is 0 Å². The molecule has 0 spiro atoms. The first-order chi connectivity index (χ1) is 4.56. The first-order valence-electron chi connectivity index (χ1n) is 2.48. The monoisotopic (exact) mass is 162 g/mol. The molecule has 6 heteroatoms. The summed E-state index contributed by atoms with van der Waals surface area (Å²) >= 11 is 0. The molecule has 0 amide bonds. The number of hydrogen-bond donors (Lipinski definition) is 2. The summed E-state index contributed by atoms with van der Waals surface area (Å²) in [6.45, 7) is -0.549. The van der Waals surface area contributed by atoms with Crippen LogP contribution in [0.15, 0.2) is 15.4 Å². The number of rotatable bonds is 1. The fourth-order valence-corrected chi connectivity index (χ4v) is 1.47. The summed E-state index contributed by atoms with van der Waals surface area (Å²) in [6, 6.07) is 0. The molecule has 0 unspecified atom stereocenters. The van der Waals surface area contributed by atoms with Crippen LogP contribution < -0.4 is 5.73 Å². The van der Waals surface area contributed by atoms with E-state index in [-0.39, 0.29) is 10.7 Å². The van der Waals surface area contributed by atoms with E-state index in [0.29, 0.717) is 0 Å².